The molecule has 0 amide bonds. The third kappa shape index (κ3) is 2.99. The second-order valence-electron chi connectivity index (χ2n) is 4.01. The van der Waals surface area contributed by atoms with Crippen LogP contribution in [-0.4, -0.2) is 45.8 Å². The molecule has 3 aromatic heterocycles. The minimum Gasteiger partial charge on any atom is -0.354 e. The lowest BCUT2D eigenvalue weighted by Gasteiger charge is -2.07. The summed E-state index contributed by atoms with van der Waals surface area (Å²) in [5, 5.41) is 8.37. The van der Waals surface area contributed by atoms with E-state index >= 15 is 0 Å². The standard InChI is InChI=1S/C11H13N9S/c1-3-13-8-16-9(20-5-4-12-7-20)18-10(17-8)21-11-14-6-15-19(11)2/h4-7H,3H2,1-2H3,(H,13,16,17,18). The molecule has 0 saturated carbocycles. The number of aromatic nitrogens is 8. The molecule has 0 aliphatic carbocycles. The third-order valence-corrected chi connectivity index (χ3v) is 3.44. The monoisotopic (exact) mass is 303 g/mol. The molecular weight excluding hydrogens is 290 g/mol. The Morgan fingerprint density at radius 3 is 2.86 bits per heavy atom. The van der Waals surface area contributed by atoms with Crippen molar-refractivity contribution < 1.29 is 0 Å². The van der Waals surface area contributed by atoms with E-state index in [1.54, 1.807) is 28.0 Å². The highest BCUT2D eigenvalue weighted by Crippen LogP contribution is 2.22. The first-order valence-corrected chi connectivity index (χ1v) is 7.08. The first kappa shape index (κ1) is 13.5. The van der Waals surface area contributed by atoms with Gasteiger partial charge in [-0.05, 0) is 18.7 Å². The average Bonchev–Trinajstić information content (AvgIpc) is 3.12. The number of hydrogen-bond donors (Lipinski definition) is 1. The molecule has 0 spiro atoms. The summed E-state index contributed by atoms with van der Waals surface area (Å²) in [5.74, 6) is 1.02. The first-order valence-electron chi connectivity index (χ1n) is 6.26. The number of rotatable bonds is 5. The average molecular weight is 303 g/mol. The minimum atomic E-state index is 0.503. The number of nitrogens with one attached hydrogen (secondary N) is 1. The molecule has 9 nitrogen and oxygen atoms in total. The van der Waals surface area contributed by atoms with Crippen LogP contribution in [0.1, 0.15) is 6.92 Å². The fourth-order valence-electron chi connectivity index (χ4n) is 1.58. The number of imidazole rings is 1. The Morgan fingerprint density at radius 1 is 1.29 bits per heavy atom. The maximum Gasteiger partial charge on any atom is 0.240 e. The van der Waals surface area contributed by atoms with Gasteiger partial charge in [0.2, 0.25) is 17.1 Å². The van der Waals surface area contributed by atoms with Gasteiger partial charge in [-0.25, -0.2) is 14.6 Å². The molecule has 0 saturated heterocycles. The Morgan fingerprint density at radius 2 is 2.19 bits per heavy atom. The van der Waals surface area contributed by atoms with Crippen LogP contribution < -0.4 is 5.32 Å². The van der Waals surface area contributed by atoms with Crippen molar-refractivity contribution in [1.29, 1.82) is 0 Å². The summed E-state index contributed by atoms with van der Waals surface area (Å²) in [6.45, 7) is 2.71. The number of nitrogens with zero attached hydrogens (tertiary/aromatic N) is 8. The van der Waals surface area contributed by atoms with E-state index in [4.69, 9.17) is 0 Å². The lowest BCUT2D eigenvalue weighted by molar-refractivity contribution is 0.682. The first-order chi connectivity index (χ1) is 10.3. The van der Waals surface area contributed by atoms with Gasteiger partial charge in [0.25, 0.3) is 0 Å². The van der Waals surface area contributed by atoms with E-state index in [1.165, 1.54) is 18.1 Å². The molecular formula is C11H13N9S. The van der Waals surface area contributed by atoms with E-state index in [-0.39, 0.29) is 0 Å². The Bertz CT molecular complexity index is 721. The van der Waals surface area contributed by atoms with Crippen LogP contribution in [-0.2, 0) is 7.05 Å². The lowest BCUT2D eigenvalue weighted by Crippen LogP contribution is -2.09. The quantitative estimate of drug-likeness (QED) is 0.738. The van der Waals surface area contributed by atoms with Crippen molar-refractivity contribution >= 4 is 17.7 Å². The summed E-state index contributed by atoms with van der Waals surface area (Å²) in [4.78, 5) is 21.3. The van der Waals surface area contributed by atoms with Gasteiger partial charge in [0, 0.05) is 26.0 Å². The van der Waals surface area contributed by atoms with Crippen molar-refractivity contribution in [1.82, 2.24) is 39.3 Å². The second kappa shape index (κ2) is 5.87. The van der Waals surface area contributed by atoms with E-state index < -0.39 is 0 Å². The van der Waals surface area contributed by atoms with Crippen LogP contribution in [0.4, 0.5) is 5.95 Å². The highest BCUT2D eigenvalue weighted by atomic mass is 32.2. The van der Waals surface area contributed by atoms with E-state index in [2.05, 4.69) is 35.3 Å². The molecule has 0 unspecified atom stereocenters. The Hall–Kier alpha value is -2.49. The smallest absolute Gasteiger partial charge is 0.240 e. The Kier molecular flexibility index (Phi) is 3.77. The summed E-state index contributed by atoms with van der Waals surface area (Å²) < 4.78 is 3.39. The van der Waals surface area contributed by atoms with Crippen molar-refractivity contribution in [3.05, 3.63) is 25.0 Å². The number of hydrogen-bond acceptors (Lipinski definition) is 8. The van der Waals surface area contributed by atoms with Crippen LogP contribution in [0.15, 0.2) is 35.4 Å². The normalized spacial score (nSPS) is 10.8. The molecule has 0 bridgehead atoms. The van der Waals surface area contributed by atoms with Crippen molar-refractivity contribution in [2.45, 2.75) is 17.2 Å². The fourth-order valence-corrected chi connectivity index (χ4v) is 2.28. The predicted molar refractivity (Wildman–Crippen MR) is 76.2 cm³/mol. The summed E-state index contributed by atoms with van der Waals surface area (Å²) in [7, 11) is 1.82. The highest BCUT2D eigenvalue weighted by molar-refractivity contribution is 7.99. The summed E-state index contributed by atoms with van der Waals surface area (Å²) in [6, 6.07) is 0. The Balaban J connectivity index is 1.97. The van der Waals surface area contributed by atoms with E-state index in [1.807, 2.05) is 14.0 Å². The number of aryl methyl sites for hydroxylation is 1. The van der Waals surface area contributed by atoms with Crippen LogP contribution in [0.3, 0.4) is 0 Å². The maximum atomic E-state index is 4.42. The van der Waals surface area contributed by atoms with Crippen LogP contribution in [0.25, 0.3) is 5.95 Å². The van der Waals surface area contributed by atoms with Gasteiger partial charge in [0.15, 0.2) is 5.16 Å². The molecule has 0 aliphatic rings. The maximum absolute atomic E-state index is 4.42. The molecule has 0 radical (unpaired) electrons. The molecule has 3 aromatic rings. The van der Waals surface area contributed by atoms with Gasteiger partial charge < -0.3 is 5.32 Å². The molecule has 0 fully saturated rings. The van der Waals surface area contributed by atoms with Gasteiger partial charge in [0.05, 0.1) is 0 Å². The van der Waals surface area contributed by atoms with Crippen LogP contribution in [0.2, 0.25) is 0 Å². The SMILES string of the molecule is CCNc1nc(Sc2ncnn2C)nc(-n2ccnc2)n1. The van der Waals surface area contributed by atoms with E-state index in [0.717, 1.165) is 6.54 Å². The van der Waals surface area contributed by atoms with Gasteiger partial charge in [-0.3, -0.25) is 4.57 Å². The number of anilines is 1. The second-order valence-corrected chi connectivity index (χ2v) is 4.94. The van der Waals surface area contributed by atoms with Crippen LogP contribution >= 0.6 is 11.8 Å². The summed E-state index contributed by atoms with van der Waals surface area (Å²) >= 11 is 1.33. The van der Waals surface area contributed by atoms with Crippen molar-refractivity contribution in [2.24, 2.45) is 7.05 Å². The lowest BCUT2D eigenvalue weighted by atomic mass is 10.7. The molecule has 0 atom stereocenters. The predicted octanol–water partition coefficient (Wildman–Crippen LogP) is 0.769. The van der Waals surface area contributed by atoms with E-state index in [0.29, 0.717) is 22.2 Å². The van der Waals surface area contributed by atoms with Gasteiger partial charge in [-0.1, -0.05) is 0 Å². The molecule has 0 aromatic carbocycles. The molecule has 0 aliphatic heterocycles. The van der Waals surface area contributed by atoms with Gasteiger partial charge in [-0.15, -0.1) is 0 Å². The summed E-state index contributed by atoms with van der Waals surface area (Å²) in [6.07, 6.45) is 6.58. The molecule has 3 heterocycles. The molecule has 1 N–H and O–H groups in total. The van der Waals surface area contributed by atoms with Crippen molar-refractivity contribution in [3.8, 4) is 5.95 Å². The minimum absolute atomic E-state index is 0.503. The zero-order valence-corrected chi connectivity index (χ0v) is 12.3. The van der Waals surface area contributed by atoms with Crippen molar-refractivity contribution in [3.63, 3.8) is 0 Å². The third-order valence-electron chi connectivity index (χ3n) is 2.53. The fraction of sp³-hybridized carbons (Fsp3) is 0.273. The van der Waals surface area contributed by atoms with Crippen LogP contribution in [0, 0.1) is 0 Å². The zero-order valence-electron chi connectivity index (χ0n) is 11.5. The topological polar surface area (TPSA) is 99.2 Å². The van der Waals surface area contributed by atoms with Crippen molar-refractivity contribution in [2.75, 3.05) is 11.9 Å². The highest BCUT2D eigenvalue weighted by Gasteiger charge is 2.11. The van der Waals surface area contributed by atoms with E-state index in [9.17, 15) is 0 Å². The molecule has 3 rings (SSSR count). The Labute approximate surface area is 124 Å². The molecule has 108 valence electrons. The van der Waals surface area contributed by atoms with Gasteiger partial charge in [-0.2, -0.15) is 20.1 Å². The largest absolute Gasteiger partial charge is 0.354 e. The van der Waals surface area contributed by atoms with Gasteiger partial charge in [0.1, 0.15) is 12.7 Å². The zero-order chi connectivity index (χ0) is 14.7. The molecule has 21 heavy (non-hydrogen) atoms. The van der Waals surface area contributed by atoms with Crippen LogP contribution in [0.5, 0.6) is 0 Å². The molecule has 10 heteroatoms. The van der Waals surface area contributed by atoms with Gasteiger partial charge >= 0.3 is 0 Å². The summed E-state index contributed by atoms with van der Waals surface area (Å²) in [5.41, 5.74) is 0.